The number of aryl methyl sites for hydroxylation is 2. The number of rotatable bonds is 8. The van der Waals surface area contributed by atoms with Crippen LogP contribution in [-0.2, 0) is 4.79 Å². The summed E-state index contributed by atoms with van der Waals surface area (Å²) in [5, 5.41) is 0. The smallest absolute Gasteiger partial charge is 0.311 e. The van der Waals surface area contributed by atoms with Gasteiger partial charge in [-0.1, -0.05) is 48.0 Å². The highest BCUT2D eigenvalue weighted by molar-refractivity contribution is 6.09. The molecular weight excluding hydrogens is 364 g/mol. The minimum atomic E-state index is -0.317. The Labute approximate surface area is 171 Å². The number of hydrogen-bond donors (Lipinski definition) is 0. The van der Waals surface area contributed by atoms with Crippen LogP contribution in [0.3, 0.4) is 0 Å². The average molecular weight is 388 g/mol. The van der Waals surface area contributed by atoms with Crippen LogP contribution in [0.15, 0.2) is 72.8 Å². The van der Waals surface area contributed by atoms with Crippen LogP contribution in [0.25, 0.3) is 0 Å². The van der Waals surface area contributed by atoms with Crippen molar-refractivity contribution in [2.75, 3.05) is 6.61 Å². The van der Waals surface area contributed by atoms with E-state index >= 15 is 0 Å². The SMILES string of the molecule is Cc1ccc(OCCCC(=O)Oc2ccc(C(=O)c3ccccc3)cc2C)cc1. The van der Waals surface area contributed by atoms with Gasteiger partial charge in [0.15, 0.2) is 5.78 Å². The Morgan fingerprint density at radius 3 is 2.24 bits per heavy atom. The van der Waals surface area contributed by atoms with Gasteiger partial charge in [0, 0.05) is 17.5 Å². The summed E-state index contributed by atoms with van der Waals surface area (Å²) in [6, 6.07) is 22.0. The summed E-state index contributed by atoms with van der Waals surface area (Å²) in [6.07, 6.45) is 0.826. The van der Waals surface area contributed by atoms with Crippen molar-refractivity contribution in [2.24, 2.45) is 0 Å². The second kappa shape index (κ2) is 9.69. The van der Waals surface area contributed by atoms with E-state index < -0.39 is 0 Å². The quantitative estimate of drug-likeness (QED) is 0.227. The molecule has 0 amide bonds. The molecule has 0 atom stereocenters. The summed E-state index contributed by atoms with van der Waals surface area (Å²) in [4.78, 5) is 24.6. The van der Waals surface area contributed by atoms with Gasteiger partial charge in [0.25, 0.3) is 0 Å². The predicted octanol–water partition coefficient (Wildman–Crippen LogP) is 5.30. The van der Waals surface area contributed by atoms with E-state index in [9.17, 15) is 9.59 Å². The third-order valence-corrected chi connectivity index (χ3v) is 4.51. The molecule has 4 heteroatoms. The van der Waals surface area contributed by atoms with Crippen molar-refractivity contribution in [3.63, 3.8) is 0 Å². The first-order valence-corrected chi connectivity index (χ1v) is 9.63. The van der Waals surface area contributed by atoms with Crippen molar-refractivity contribution in [1.29, 1.82) is 0 Å². The fourth-order valence-electron chi connectivity index (χ4n) is 2.88. The molecule has 0 fully saturated rings. The first-order chi connectivity index (χ1) is 14.0. The monoisotopic (exact) mass is 388 g/mol. The number of benzene rings is 3. The lowest BCUT2D eigenvalue weighted by molar-refractivity contribution is -0.134. The zero-order valence-electron chi connectivity index (χ0n) is 16.7. The van der Waals surface area contributed by atoms with E-state index in [1.807, 2.05) is 56.3 Å². The molecule has 4 nitrogen and oxygen atoms in total. The Bertz CT molecular complexity index is 975. The molecule has 148 valence electrons. The molecule has 0 saturated carbocycles. The molecule has 0 aliphatic rings. The van der Waals surface area contributed by atoms with Gasteiger partial charge in [0.2, 0.25) is 0 Å². The first-order valence-electron chi connectivity index (χ1n) is 9.63. The van der Waals surface area contributed by atoms with Crippen molar-refractivity contribution >= 4 is 11.8 Å². The van der Waals surface area contributed by atoms with E-state index in [4.69, 9.17) is 9.47 Å². The van der Waals surface area contributed by atoms with Gasteiger partial charge in [0.05, 0.1) is 6.61 Å². The minimum absolute atomic E-state index is 0.0557. The molecule has 3 rings (SSSR count). The van der Waals surface area contributed by atoms with E-state index in [1.54, 1.807) is 30.3 Å². The van der Waals surface area contributed by atoms with E-state index in [2.05, 4.69) is 0 Å². The van der Waals surface area contributed by atoms with Crippen molar-refractivity contribution in [3.05, 3.63) is 95.1 Å². The third-order valence-electron chi connectivity index (χ3n) is 4.51. The lowest BCUT2D eigenvalue weighted by Crippen LogP contribution is -2.11. The standard InChI is InChI=1S/C25H24O4/c1-18-10-13-22(14-11-18)28-16-6-9-24(26)29-23-15-12-21(17-19(23)2)25(27)20-7-4-3-5-8-20/h3-5,7-8,10-15,17H,6,9,16H2,1-2H3. The van der Waals surface area contributed by atoms with Crippen molar-refractivity contribution in [2.45, 2.75) is 26.7 Å². The number of ether oxygens (including phenoxy) is 2. The highest BCUT2D eigenvalue weighted by Crippen LogP contribution is 2.22. The number of carbonyl (C=O) groups excluding carboxylic acids is 2. The van der Waals surface area contributed by atoms with E-state index in [-0.39, 0.29) is 18.2 Å². The molecule has 3 aromatic rings. The van der Waals surface area contributed by atoms with Gasteiger partial charge in [-0.05, 0) is 56.2 Å². The Kier molecular flexibility index (Phi) is 6.80. The van der Waals surface area contributed by atoms with Crippen LogP contribution in [0, 0.1) is 13.8 Å². The Morgan fingerprint density at radius 1 is 0.828 bits per heavy atom. The Morgan fingerprint density at radius 2 is 1.55 bits per heavy atom. The summed E-state index contributed by atoms with van der Waals surface area (Å²) in [5.41, 5.74) is 3.12. The molecule has 0 radical (unpaired) electrons. The first kappa shape index (κ1) is 20.3. The summed E-state index contributed by atoms with van der Waals surface area (Å²) in [7, 11) is 0. The van der Waals surface area contributed by atoms with Crippen molar-refractivity contribution in [3.8, 4) is 11.5 Å². The maximum atomic E-state index is 12.5. The molecule has 0 saturated heterocycles. The van der Waals surface area contributed by atoms with Gasteiger partial charge >= 0.3 is 5.97 Å². The number of esters is 1. The third kappa shape index (κ3) is 5.79. The Balaban J connectivity index is 1.50. The molecule has 0 N–H and O–H groups in total. The van der Waals surface area contributed by atoms with Crippen LogP contribution in [0.2, 0.25) is 0 Å². The maximum Gasteiger partial charge on any atom is 0.311 e. The van der Waals surface area contributed by atoms with Crippen LogP contribution in [-0.4, -0.2) is 18.4 Å². The van der Waals surface area contributed by atoms with Gasteiger partial charge in [-0.3, -0.25) is 9.59 Å². The van der Waals surface area contributed by atoms with Gasteiger partial charge in [-0.2, -0.15) is 0 Å². The number of carbonyl (C=O) groups is 2. The summed E-state index contributed by atoms with van der Waals surface area (Å²) < 4.78 is 11.1. The normalized spacial score (nSPS) is 10.4. The zero-order chi connectivity index (χ0) is 20.6. The molecule has 0 unspecified atom stereocenters. The topological polar surface area (TPSA) is 52.6 Å². The van der Waals surface area contributed by atoms with Gasteiger partial charge in [-0.15, -0.1) is 0 Å². The van der Waals surface area contributed by atoms with Crippen molar-refractivity contribution in [1.82, 2.24) is 0 Å². The van der Waals surface area contributed by atoms with Crippen molar-refractivity contribution < 1.29 is 19.1 Å². The van der Waals surface area contributed by atoms with E-state index in [1.165, 1.54) is 5.56 Å². The molecule has 0 aromatic heterocycles. The Hall–Kier alpha value is -3.40. The molecule has 0 spiro atoms. The predicted molar refractivity (Wildman–Crippen MR) is 113 cm³/mol. The molecule has 0 aliphatic carbocycles. The van der Waals surface area contributed by atoms with Crippen LogP contribution in [0.4, 0.5) is 0 Å². The van der Waals surface area contributed by atoms with Crippen LogP contribution >= 0.6 is 0 Å². The average Bonchev–Trinajstić information content (AvgIpc) is 2.74. The maximum absolute atomic E-state index is 12.5. The van der Waals surface area contributed by atoms with Crippen LogP contribution in [0.1, 0.15) is 39.9 Å². The van der Waals surface area contributed by atoms with E-state index in [0.29, 0.717) is 29.9 Å². The second-order valence-corrected chi connectivity index (χ2v) is 6.91. The van der Waals surface area contributed by atoms with Gasteiger partial charge in [0.1, 0.15) is 11.5 Å². The summed E-state index contributed by atoms with van der Waals surface area (Å²) in [6.45, 7) is 4.29. The molecule has 0 bridgehead atoms. The number of hydrogen-bond acceptors (Lipinski definition) is 4. The van der Waals surface area contributed by atoms with Crippen LogP contribution < -0.4 is 9.47 Å². The van der Waals surface area contributed by atoms with Gasteiger partial charge < -0.3 is 9.47 Å². The fourth-order valence-corrected chi connectivity index (χ4v) is 2.88. The summed E-state index contributed by atoms with van der Waals surface area (Å²) in [5.74, 6) is 0.889. The number of ketones is 1. The highest BCUT2D eigenvalue weighted by Gasteiger charge is 2.12. The van der Waals surface area contributed by atoms with E-state index in [0.717, 1.165) is 11.3 Å². The minimum Gasteiger partial charge on any atom is -0.494 e. The fraction of sp³-hybridized carbons (Fsp3) is 0.200. The lowest BCUT2D eigenvalue weighted by Gasteiger charge is -2.10. The molecule has 3 aromatic carbocycles. The molecule has 0 heterocycles. The molecule has 0 aliphatic heterocycles. The highest BCUT2D eigenvalue weighted by atomic mass is 16.5. The molecular formula is C25H24O4. The zero-order valence-corrected chi connectivity index (χ0v) is 16.7. The summed E-state index contributed by atoms with van der Waals surface area (Å²) >= 11 is 0. The molecule has 29 heavy (non-hydrogen) atoms. The van der Waals surface area contributed by atoms with Gasteiger partial charge in [-0.25, -0.2) is 0 Å². The lowest BCUT2D eigenvalue weighted by atomic mass is 10.0. The largest absolute Gasteiger partial charge is 0.494 e. The second-order valence-electron chi connectivity index (χ2n) is 6.91. The van der Waals surface area contributed by atoms with Crippen LogP contribution in [0.5, 0.6) is 11.5 Å².